The third kappa shape index (κ3) is 3.83. The Morgan fingerprint density at radius 1 is 1.30 bits per heavy atom. The second kappa shape index (κ2) is 6.56. The van der Waals surface area contributed by atoms with Crippen LogP contribution < -0.4 is 16.8 Å². The number of nitrogens with one attached hydrogen (secondary N) is 1. The molecule has 0 fully saturated rings. The molecule has 9 heteroatoms. The van der Waals surface area contributed by atoms with Gasteiger partial charge in [-0.05, 0) is 12.1 Å². The first-order valence-corrected chi connectivity index (χ1v) is 6.93. The Morgan fingerprint density at radius 3 is 2.75 bits per heavy atom. The number of nitrogens with two attached hydrogens (primary N) is 2. The first kappa shape index (κ1) is 14.6. The maximum Gasteiger partial charge on any atom is 0.211 e. The molecule has 0 bridgehead atoms. The molecule has 6 nitrogen and oxygen atoms in total. The standard InChI is InChI=1S/C11H10Cl2N6S/c12-6-3-1-2-4-7(6)17-11-18-9(13)8(20-11)5-16-19-10(14)15/h1-5H,(H,17,18)(H4,14,15,19)/b16-5+. The van der Waals surface area contributed by atoms with E-state index in [0.717, 1.165) is 5.69 Å². The molecule has 0 radical (unpaired) electrons. The van der Waals surface area contributed by atoms with Gasteiger partial charge in [0.15, 0.2) is 10.3 Å². The Balaban J connectivity index is 2.17. The molecule has 0 aliphatic rings. The maximum absolute atomic E-state index is 6.05. The lowest BCUT2D eigenvalue weighted by Crippen LogP contribution is -2.21. The molecule has 0 aliphatic heterocycles. The summed E-state index contributed by atoms with van der Waals surface area (Å²) in [5, 5.41) is 11.7. The van der Waals surface area contributed by atoms with Crippen molar-refractivity contribution in [1.82, 2.24) is 4.98 Å². The van der Waals surface area contributed by atoms with E-state index in [9.17, 15) is 0 Å². The van der Waals surface area contributed by atoms with Gasteiger partial charge in [-0.3, -0.25) is 0 Å². The fourth-order valence-corrected chi connectivity index (χ4v) is 2.49. The Bertz CT molecular complexity index is 663. The van der Waals surface area contributed by atoms with Crippen LogP contribution in [0.15, 0.2) is 34.5 Å². The van der Waals surface area contributed by atoms with Crippen molar-refractivity contribution in [2.75, 3.05) is 5.32 Å². The quantitative estimate of drug-likeness (QED) is 0.456. The second-order valence-electron chi connectivity index (χ2n) is 3.55. The number of anilines is 2. The van der Waals surface area contributed by atoms with E-state index in [0.29, 0.717) is 20.2 Å². The van der Waals surface area contributed by atoms with Gasteiger partial charge in [0, 0.05) is 0 Å². The van der Waals surface area contributed by atoms with Gasteiger partial charge in [0.05, 0.1) is 21.8 Å². The van der Waals surface area contributed by atoms with E-state index in [1.807, 2.05) is 18.2 Å². The van der Waals surface area contributed by atoms with Crippen molar-refractivity contribution < 1.29 is 0 Å². The summed E-state index contributed by atoms with van der Waals surface area (Å²) in [6.45, 7) is 0. The molecule has 20 heavy (non-hydrogen) atoms. The Labute approximate surface area is 129 Å². The van der Waals surface area contributed by atoms with Crippen LogP contribution >= 0.6 is 34.5 Å². The van der Waals surface area contributed by atoms with E-state index in [4.69, 9.17) is 34.7 Å². The molecule has 0 saturated heterocycles. The van der Waals surface area contributed by atoms with Crippen LogP contribution in [0.25, 0.3) is 0 Å². The molecule has 0 amide bonds. The summed E-state index contributed by atoms with van der Waals surface area (Å²) in [6.07, 6.45) is 1.43. The van der Waals surface area contributed by atoms with E-state index in [1.165, 1.54) is 17.6 Å². The van der Waals surface area contributed by atoms with E-state index in [-0.39, 0.29) is 5.96 Å². The molecule has 1 aromatic carbocycles. The number of halogens is 2. The Hall–Kier alpha value is -1.83. The molecule has 0 spiro atoms. The third-order valence-corrected chi connectivity index (χ3v) is 3.71. The van der Waals surface area contributed by atoms with E-state index in [2.05, 4.69) is 20.5 Å². The van der Waals surface area contributed by atoms with Gasteiger partial charge in [-0.25, -0.2) is 4.98 Å². The summed E-state index contributed by atoms with van der Waals surface area (Å²) >= 11 is 13.3. The van der Waals surface area contributed by atoms with Crippen LogP contribution in [0.5, 0.6) is 0 Å². The molecule has 0 atom stereocenters. The lowest BCUT2D eigenvalue weighted by atomic mass is 10.3. The molecular formula is C11H10Cl2N6S. The predicted octanol–water partition coefficient (Wildman–Crippen LogP) is 2.80. The van der Waals surface area contributed by atoms with Crippen molar-refractivity contribution in [1.29, 1.82) is 0 Å². The summed E-state index contributed by atoms with van der Waals surface area (Å²) in [4.78, 5) is 4.79. The highest BCUT2D eigenvalue weighted by molar-refractivity contribution is 7.17. The zero-order chi connectivity index (χ0) is 14.5. The van der Waals surface area contributed by atoms with Crippen molar-refractivity contribution in [2.45, 2.75) is 0 Å². The lowest BCUT2D eigenvalue weighted by molar-refractivity contribution is 1.22. The van der Waals surface area contributed by atoms with Crippen molar-refractivity contribution >= 4 is 57.5 Å². The number of guanidine groups is 1. The summed E-state index contributed by atoms with van der Waals surface area (Å²) in [5.41, 5.74) is 11.1. The highest BCUT2D eigenvalue weighted by Crippen LogP contribution is 2.30. The number of benzene rings is 1. The number of hydrogen-bond donors (Lipinski definition) is 3. The van der Waals surface area contributed by atoms with E-state index >= 15 is 0 Å². The minimum Gasteiger partial charge on any atom is -0.369 e. The predicted molar refractivity (Wildman–Crippen MR) is 85.3 cm³/mol. The van der Waals surface area contributed by atoms with Gasteiger partial charge in [0.2, 0.25) is 5.96 Å². The van der Waals surface area contributed by atoms with Gasteiger partial charge >= 0.3 is 0 Å². The van der Waals surface area contributed by atoms with E-state index in [1.54, 1.807) is 6.07 Å². The monoisotopic (exact) mass is 328 g/mol. The minimum atomic E-state index is -0.128. The molecule has 104 valence electrons. The Kier molecular flexibility index (Phi) is 4.78. The van der Waals surface area contributed by atoms with Gasteiger partial charge in [0.25, 0.3) is 0 Å². The fraction of sp³-hybridized carbons (Fsp3) is 0. The molecular weight excluding hydrogens is 319 g/mol. The van der Waals surface area contributed by atoms with E-state index < -0.39 is 0 Å². The SMILES string of the molecule is NC(N)=N/N=C/c1sc(Nc2ccccc2Cl)nc1Cl. The molecule has 5 N–H and O–H groups in total. The van der Waals surface area contributed by atoms with Crippen LogP contribution in [0.1, 0.15) is 4.88 Å². The molecule has 1 heterocycles. The number of hydrogen-bond acceptors (Lipinski definition) is 5. The van der Waals surface area contributed by atoms with Gasteiger partial charge < -0.3 is 16.8 Å². The van der Waals surface area contributed by atoms with Crippen molar-refractivity contribution in [3.63, 3.8) is 0 Å². The molecule has 1 aromatic heterocycles. The zero-order valence-electron chi connectivity index (χ0n) is 10.0. The maximum atomic E-state index is 6.05. The Morgan fingerprint density at radius 2 is 2.05 bits per heavy atom. The third-order valence-electron chi connectivity index (χ3n) is 2.07. The van der Waals surface area contributed by atoms with Crippen LogP contribution in [0.3, 0.4) is 0 Å². The van der Waals surface area contributed by atoms with Crippen LogP contribution in [0.2, 0.25) is 10.2 Å². The minimum absolute atomic E-state index is 0.128. The van der Waals surface area contributed by atoms with Gasteiger partial charge in [-0.1, -0.05) is 46.7 Å². The van der Waals surface area contributed by atoms with Crippen LogP contribution in [-0.2, 0) is 0 Å². The summed E-state index contributed by atoms with van der Waals surface area (Å²) in [7, 11) is 0. The number of rotatable bonds is 4. The summed E-state index contributed by atoms with van der Waals surface area (Å²) < 4.78 is 0. The molecule has 2 rings (SSSR count). The van der Waals surface area contributed by atoms with Crippen LogP contribution in [0, 0.1) is 0 Å². The van der Waals surface area contributed by atoms with Gasteiger partial charge in [-0.15, -0.1) is 5.10 Å². The van der Waals surface area contributed by atoms with Gasteiger partial charge in [0.1, 0.15) is 0 Å². The average Bonchev–Trinajstić information content (AvgIpc) is 2.72. The first-order valence-electron chi connectivity index (χ1n) is 5.36. The average molecular weight is 329 g/mol. The molecule has 0 saturated carbocycles. The highest BCUT2D eigenvalue weighted by atomic mass is 35.5. The van der Waals surface area contributed by atoms with Crippen molar-refractivity contribution in [3.05, 3.63) is 39.3 Å². The first-order chi connectivity index (χ1) is 9.56. The van der Waals surface area contributed by atoms with Crippen LogP contribution in [-0.4, -0.2) is 17.2 Å². The van der Waals surface area contributed by atoms with Crippen molar-refractivity contribution in [3.8, 4) is 0 Å². The number of para-hydroxylation sites is 1. The fourth-order valence-electron chi connectivity index (χ4n) is 1.27. The van der Waals surface area contributed by atoms with Crippen molar-refractivity contribution in [2.24, 2.45) is 21.7 Å². The van der Waals surface area contributed by atoms with Crippen LogP contribution in [0.4, 0.5) is 10.8 Å². The second-order valence-corrected chi connectivity index (χ2v) is 5.34. The topological polar surface area (TPSA) is 102 Å². The lowest BCUT2D eigenvalue weighted by Gasteiger charge is -2.03. The zero-order valence-corrected chi connectivity index (χ0v) is 12.4. The largest absolute Gasteiger partial charge is 0.369 e. The highest BCUT2D eigenvalue weighted by Gasteiger charge is 2.08. The number of aromatic nitrogens is 1. The smallest absolute Gasteiger partial charge is 0.211 e. The normalized spacial score (nSPS) is 10.7. The van der Waals surface area contributed by atoms with Gasteiger partial charge in [-0.2, -0.15) is 5.10 Å². The molecule has 0 aliphatic carbocycles. The number of thiazole rings is 1. The molecule has 2 aromatic rings. The summed E-state index contributed by atoms with van der Waals surface area (Å²) in [5.74, 6) is -0.128. The number of nitrogens with zero attached hydrogens (tertiary/aromatic N) is 3. The molecule has 0 unspecified atom stereocenters. The summed E-state index contributed by atoms with van der Waals surface area (Å²) in [6, 6.07) is 7.32.